The quantitative estimate of drug-likeness (QED) is 0.766. The molecule has 0 aliphatic carbocycles. The number of amides is 1. The van der Waals surface area contributed by atoms with Gasteiger partial charge < -0.3 is 4.90 Å². The molecule has 0 aliphatic rings. The fourth-order valence-electron chi connectivity index (χ4n) is 1.80. The summed E-state index contributed by atoms with van der Waals surface area (Å²) in [5.74, 6) is -0.498. The van der Waals surface area contributed by atoms with Crippen LogP contribution in [0.25, 0.3) is 5.65 Å². The summed E-state index contributed by atoms with van der Waals surface area (Å²) in [5, 5.41) is 0. The second kappa shape index (κ2) is 4.40. The molecule has 0 aliphatic heterocycles. The number of nitrogens with zero attached hydrogens (tertiary/aromatic N) is 3. The maximum Gasteiger partial charge on any atom is 0.273 e. The third-order valence-corrected chi connectivity index (χ3v) is 2.84. The second-order valence-electron chi connectivity index (χ2n) is 4.79. The lowest BCUT2D eigenvalue weighted by Gasteiger charge is -2.07. The van der Waals surface area contributed by atoms with Gasteiger partial charge in [0.25, 0.3) is 5.91 Å². The Morgan fingerprint density at radius 1 is 1.39 bits per heavy atom. The van der Waals surface area contributed by atoms with Crippen LogP contribution in [0.5, 0.6) is 0 Å². The molecule has 2 aromatic rings. The smallest absolute Gasteiger partial charge is 0.273 e. The molecule has 0 unspecified atom stereocenters. The number of pyridine rings is 1. The summed E-state index contributed by atoms with van der Waals surface area (Å²) in [4.78, 5) is 17.3. The summed E-state index contributed by atoms with van der Waals surface area (Å²) >= 11 is 0. The molecule has 0 spiro atoms. The number of imidazole rings is 1. The highest BCUT2D eigenvalue weighted by Gasteiger charge is 2.16. The lowest BCUT2D eigenvalue weighted by Crippen LogP contribution is -2.21. The van der Waals surface area contributed by atoms with Gasteiger partial charge in [-0.2, -0.15) is 4.39 Å². The lowest BCUT2D eigenvalue weighted by molar-refractivity contribution is 0.0822. The van der Waals surface area contributed by atoms with Crippen LogP contribution in [0, 0.1) is 5.95 Å². The van der Waals surface area contributed by atoms with Crippen molar-refractivity contribution in [3.8, 4) is 0 Å². The SMILES string of the molecule is CC(C)c1ccc2nc(C(=O)N(C)C)cn2c1F. The molecule has 0 saturated heterocycles. The van der Waals surface area contributed by atoms with E-state index >= 15 is 0 Å². The molecule has 0 N–H and O–H groups in total. The number of rotatable bonds is 2. The van der Waals surface area contributed by atoms with Crippen LogP contribution in [0.4, 0.5) is 4.39 Å². The molecular formula is C13H16FN3O. The van der Waals surface area contributed by atoms with Gasteiger partial charge in [0.15, 0.2) is 0 Å². The normalized spacial score (nSPS) is 11.2. The first-order valence-electron chi connectivity index (χ1n) is 5.81. The maximum atomic E-state index is 14.2. The molecule has 96 valence electrons. The van der Waals surface area contributed by atoms with Crippen molar-refractivity contribution in [1.29, 1.82) is 0 Å². The van der Waals surface area contributed by atoms with E-state index in [1.54, 1.807) is 26.2 Å². The van der Waals surface area contributed by atoms with Gasteiger partial charge in [0.1, 0.15) is 11.3 Å². The van der Waals surface area contributed by atoms with E-state index in [0.29, 0.717) is 11.2 Å². The number of aromatic nitrogens is 2. The van der Waals surface area contributed by atoms with Crippen molar-refractivity contribution in [2.75, 3.05) is 14.1 Å². The molecule has 0 radical (unpaired) electrons. The average Bonchev–Trinajstić information content (AvgIpc) is 2.72. The molecule has 2 rings (SSSR count). The first-order valence-corrected chi connectivity index (χ1v) is 5.81. The van der Waals surface area contributed by atoms with Crippen molar-refractivity contribution in [2.45, 2.75) is 19.8 Å². The Bertz CT molecular complexity index is 602. The Kier molecular flexibility index (Phi) is 3.07. The van der Waals surface area contributed by atoms with Crippen molar-refractivity contribution in [3.63, 3.8) is 0 Å². The fourth-order valence-corrected chi connectivity index (χ4v) is 1.80. The van der Waals surface area contributed by atoms with Crippen molar-refractivity contribution in [1.82, 2.24) is 14.3 Å². The largest absolute Gasteiger partial charge is 0.343 e. The number of carbonyl (C=O) groups is 1. The highest BCUT2D eigenvalue weighted by Crippen LogP contribution is 2.20. The molecular weight excluding hydrogens is 233 g/mol. The lowest BCUT2D eigenvalue weighted by atomic mass is 10.1. The predicted molar refractivity (Wildman–Crippen MR) is 67.3 cm³/mol. The van der Waals surface area contributed by atoms with Gasteiger partial charge in [-0.25, -0.2) is 4.98 Å². The first kappa shape index (κ1) is 12.5. The Labute approximate surface area is 105 Å². The van der Waals surface area contributed by atoms with Gasteiger partial charge in [-0.05, 0) is 12.0 Å². The predicted octanol–water partition coefficient (Wildman–Crippen LogP) is 2.30. The summed E-state index contributed by atoms with van der Waals surface area (Å²) in [6.07, 6.45) is 1.44. The zero-order valence-corrected chi connectivity index (χ0v) is 10.9. The van der Waals surface area contributed by atoms with Gasteiger partial charge >= 0.3 is 0 Å². The van der Waals surface area contributed by atoms with E-state index in [9.17, 15) is 9.18 Å². The van der Waals surface area contributed by atoms with E-state index < -0.39 is 0 Å². The third-order valence-electron chi connectivity index (χ3n) is 2.84. The molecule has 1 amide bonds. The number of fused-ring (bicyclic) bond motifs is 1. The Morgan fingerprint density at radius 3 is 2.61 bits per heavy atom. The van der Waals surface area contributed by atoms with Crippen LogP contribution >= 0.6 is 0 Å². The van der Waals surface area contributed by atoms with Gasteiger partial charge in [-0.1, -0.05) is 19.9 Å². The maximum absolute atomic E-state index is 14.2. The molecule has 0 atom stereocenters. The van der Waals surface area contributed by atoms with Crippen molar-refractivity contribution < 1.29 is 9.18 Å². The van der Waals surface area contributed by atoms with Gasteiger partial charge in [-0.3, -0.25) is 9.20 Å². The van der Waals surface area contributed by atoms with Crippen molar-refractivity contribution >= 4 is 11.6 Å². The summed E-state index contributed by atoms with van der Waals surface area (Å²) in [7, 11) is 3.28. The van der Waals surface area contributed by atoms with Gasteiger partial charge in [-0.15, -0.1) is 0 Å². The minimum atomic E-state index is -0.354. The zero-order valence-electron chi connectivity index (χ0n) is 10.9. The Balaban J connectivity index is 2.59. The molecule has 0 bridgehead atoms. The summed E-state index contributed by atoms with van der Waals surface area (Å²) < 4.78 is 15.5. The van der Waals surface area contributed by atoms with Crippen LogP contribution in [0.1, 0.15) is 35.8 Å². The Morgan fingerprint density at radius 2 is 2.06 bits per heavy atom. The molecule has 0 aromatic carbocycles. The monoisotopic (exact) mass is 249 g/mol. The number of carbonyl (C=O) groups excluding carboxylic acids is 1. The summed E-state index contributed by atoms with van der Waals surface area (Å²) in [6, 6.07) is 3.44. The molecule has 5 heteroatoms. The molecule has 2 aromatic heterocycles. The number of hydrogen-bond donors (Lipinski definition) is 0. The molecule has 18 heavy (non-hydrogen) atoms. The molecule has 0 saturated carbocycles. The van der Waals surface area contributed by atoms with Gasteiger partial charge in [0, 0.05) is 25.9 Å². The highest BCUT2D eigenvalue weighted by molar-refractivity contribution is 5.92. The zero-order chi connectivity index (χ0) is 13.4. The van der Waals surface area contributed by atoms with Gasteiger partial charge in [0.05, 0.1) is 0 Å². The molecule has 4 nitrogen and oxygen atoms in total. The van der Waals surface area contributed by atoms with E-state index in [2.05, 4.69) is 4.98 Å². The van der Waals surface area contributed by atoms with E-state index in [0.717, 1.165) is 0 Å². The summed E-state index contributed by atoms with van der Waals surface area (Å²) in [5.41, 5.74) is 1.31. The van der Waals surface area contributed by atoms with Crippen LogP contribution in [-0.4, -0.2) is 34.3 Å². The number of hydrogen-bond acceptors (Lipinski definition) is 2. The highest BCUT2D eigenvalue weighted by atomic mass is 19.1. The summed E-state index contributed by atoms with van der Waals surface area (Å²) in [6.45, 7) is 3.85. The minimum Gasteiger partial charge on any atom is -0.343 e. The molecule has 0 fully saturated rings. The number of halogens is 1. The Hall–Kier alpha value is -1.91. The van der Waals surface area contributed by atoms with E-state index in [1.165, 1.54) is 15.5 Å². The second-order valence-corrected chi connectivity index (χ2v) is 4.79. The van der Waals surface area contributed by atoms with Gasteiger partial charge in [0.2, 0.25) is 5.95 Å². The van der Waals surface area contributed by atoms with Crippen molar-refractivity contribution in [3.05, 3.63) is 35.5 Å². The van der Waals surface area contributed by atoms with Crippen LogP contribution in [0.3, 0.4) is 0 Å². The van der Waals surface area contributed by atoms with Crippen LogP contribution < -0.4 is 0 Å². The fraction of sp³-hybridized carbons (Fsp3) is 0.385. The van der Waals surface area contributed by atoms with Crippen LogP contribution in [0.2, 0.25) is 0 Å². The standard InChI is InChI=1S/C13H16FN3O/c1-8(2)9-5-6-11-15-10(13(18)16(3)4)7-17(11)12(9)14/h5-8H,1-4H3. The van der Waals surface area contributed by atoms with E-state index in [4.69, 9.17) is 0 Å². The van der Waals surface area contributed by atoms with E-state index in [-0.39, 0.29) is 23.5 Å². The topological polar surface area (TPSA) is 37.6 Å². The third kappa shape index (κ3) is 1.96. The minimum absolute atomic E-state index is 0.0878. The average molecular weight is 249 g/mol. The molecule has 2 heterocycles. The first-order chi connectivity index (χ1) is 8.41. The van der Waals surface area contributed by atoms with Crippen LogP contribution in [0.15, 0.2) is 18.3 Å². The van der Waals surface area contributed by atoms with E-state index in [1.807, 2.05) is 13.8 Å². The van der Waals surface area contributed by atoms with Crippen LogP contribution in [-0.2, 0) is 0 Å². The van der Waals surface area contributed by atoms with Crippen molar-refractivity contribution in [2.24, 2.45) is 0 Å².